The van der Waals surface area contributed by atoms with E-state index < -0.39 is 37.6 Å². The van der Waals surface area contributed by atoms with Gasteiger partial charge in [0, 0.05) is 49.1 Å². The lowest BCUT2D eigenvalue weighted by molar-refractivity contribution is -0.122. The maximum atomic E-state index is 14.4. The minimum atomic E-state index is -4.30. The maximum absolute atomic E-state index is 14.4. The zero-order valence-electron chi connectivity index (χ0n) is 21.1. The van der Waals surface area contributed by atoms with E-state index >= 15 is 0 Å². The second kappa shape index (κ2) is 10.8. The van der Waals surface area contributed by atoms with Gasteiger partial charge in [0.1, 0.15) is 22.3 Å². The van der Waals surface area contributed by atoms with Gasteiger partial charge in [-0.25, -0.2) is 17.2 Å². The molecule has 202 valence electrons. The molecular weight excluding hydrogens is 524 g/mol. The van der Waals surface area contributed by atoms with Gasteiger partial charge in [-0.3, -0.25) is 4.79 Å². The third-order valence-corrected chi connectivity index (χ3v) is 8.84. The Morgan fingerprint density at radius 1 is 1.16 bits per heavy atom. The fourth-order valence-corrected chi connectivity index (χ4v) is 6.68. The molecule has 0 bridgehead atoms. The highest BCUT2D eigenvalue weighted by Gasteiger charge is 2.38. The summed E-state index contributed by atoms with van der Waals surface area (Å²) in [5.74, 6) is -1.84. The first-order valence-electron chi connectivity index (χ1n) is 12.3. The molecule has 1 fully saturated rings. The highest BCUT2D eigenvalue weighted by atomic mass is 35.5. The molecule has 1 amide bonds. The van der Waals surface area contributed by atoms with Crippen molar-refractivity contribution < 1.29 is 26.7 Å². The minimum Gasteiger partial charge on any atom is -0.493 e. The molecule has 2 aliphatic heterocycles. The molecule has 2 N–H and O–H groups in total. The van der Waals surface area contributed by atoms with Crippen LogP contribution < -0.4 is 15.4 Å². The molecule has 0 aliphatic carbocycles. The van der Waals surface area contributed by atoms with Gasteiger partial charge < -0.3 is 15.4 Å². The number of amides is 1. The summed E-state index contributed by atoms with van der Waals surface area (Å²) in [6.07, 6.45) is 1.50. The number of carbonyl (C=O) groups is 1. The highest BCUT2D eigenvalue weighted by molar-refractivity contribution is 7.89. The van der Waals surface area contributed by atoms with Gasteiger partial charge in [-0.05, 0) is 51.3 Å². The fourth-order valence-electron chi connectivity index (χ4n) is 4.69. The molecule has 4 rings (SSSR count). The number of hydrogen-bond acceptors (Lipinski definition) is 5. The van der Waals surface area contributed by atoms with Crippen molar-refractivity contribution in [1.82, 2.24) is 14.9 Å². The lowest BCUT2D eigenvalue weighted by Gasteiger charge is -2.29. The van der Waals surface area contributed by atoms with Crippen LogP contribution in [0, 0.1) is 11.6 Å². The second-order valence-corrected chi connectivity index (χ2v) is 12.8. The van der Waals surface area contributed by atoms with Gasteiger partial charge in [0.15, 0.2) is 0 Å². The monoisotopic (exact) mass is 555 g/mol. The Balaban J connectivity index is 1.44. The normalized spacial score (nSPS) is 20.4. The number of nitrogens with one attached hydrogen (secondary N) is 2. The van der Waals surface area contributed by atoms with Crippen LogP contribution in [0.1, 0.15) is 63.6 Å². The predicted molar refractivity (Wildman–Crippen MR) is 137 cm³/mol. The van der Waals surface area contributed by atoms with Crippen molar-refractivity contribution in [3.63, 3.8) is 0 Å². The molecule has 2 aromatic rings. The number of rotatable bonds is 7. The summed E-state index contributed by atoms with van der Waals surface area (Å²) in [6.45, 7) is 7.55. The van der Waals surface area contributed by atoms with Crippen LogP contribution in [-0.4, -0.2) is 43.4 Å². The van der Waals surface area contributed by atoms with Crippen molar-refractivity contribution in [1.29, 1.82) is 0 Å². The largest absolute Gasteiger partial charge is 0.493 e. The van der Waals surface area contributed by atoms with Gasteiger partial charge in [0.05, 0.1) is 17.7 Å². The minimum absolute atomic E-state index is 0.0242. The molecule has 0 unspecified atom stereocenters. The summed E-state index contributed by atoms with van der Waals surface area (Å²) in [5.41, 5.74) is 1.92. The first kappa shape index (κ1) is 27.8. The van der Waals surface area contributed by atoms with Gasteiger partial charge in [0.2, 0.25) is 15.9 Å². The van der Waals surface area contributed by atoms with E-state index in [9.17, 15) is 22.0 Å². The highest BCUT2D eigenvalue weighted by Crippen LogP contribution is 2.34. The van der Waals surface area contributed by atoms with Crippen molar-refractivity contribution >= 4 is 27.5 Å². The summed E-state index contributed by atoms with van der Waals surface area (Å²) in [4.78, 5) is 12.3. The van der Waals surface area contributed by atoms with Crippen LogP contribution in [0.2, 0.25) is 5.02 Å². The Bertz CT molecular complexity index is 1280. The van der Waals surface area contributed by atoms with Gasteiger partial charge in [-0.2, -0.15) is 4.31 Å². The van der Waals surface area contributed by atoms with Crippen LogP contribution in [0.3, 0.4) is 0 Å². The van der Waals surface area contributed by atoms with E-state index in [4.69, 9.17) is 16.3 Å². The number of ether oxygens (including phenoxy) is 1. The SMILES string of the molecule is CC(C)(C)NCc1ccc2c(c1)OCC[C@H]2NC(=O)C[C@@H]1CCCN1S(=O)(=O)c1cc(Cl)c(F)cc1F. The Labute approximate surface area is 221 Å². The first-order valence-corrected chi connectivity index (χ1v) is 14.1. The number of hydrogen-bond donors (Lipinski definition) is 2. The molecule has 11 heteroatoms. The quantitative estimate of drug-likeness (QED) is 0.484. The van der Waals surface area contributed by atoms with Crippen molar-refractivity contribution in [2.45, 2.75) is 75.5 Å². The molecular formula is C26H32ClF2N3O4S. The first-order chi connectivity index (χ1) is 17.3. The molecule has 2 atom stereocenters. The molecule has 0 radical (unpaired) electrons. The van der Waals surface area contributed by atoms with Crippen LogP contribution in [0.25, 0.3) is 0 Å². The molecule has 0 saturated carbocycles. The summed E-state index contributed by atoms with van der Waals surface area (Å²) < 4.78 is 61.2. The van der Waals surface area contributed by atoms with Crippen LogP contribution in [0.4, 0.5) is 8.78 Å². The lowest BCUT2D eigenvalue weighted by atomic mass is 9.98. The van der Waals surface area contributed by atoms with E-state index in [-0.39, 0.29) is 30.5 Å². The standard InChI is InChI=1S/C26H32ClF2N3O4S/c1-26(2,3)30-15-16-6-7-18-22(8-10-36-23(18)11-16)31-25(33)12-17-5-4-9-32(17)37(34,35)24-13-19(27)20(28)14-21(24)29/h6-7,11,13-14,17,22,30H,4-5,8-10,12,15H2,1-3H3,(H,31,33)/t17-,22+/m0/s1. The number of halogens is 3. The number of fused-ring (bicyclic) bond motifs is 1. The molecule has 2 aromatic carbocycles. The van der Waals surface area contributed by atoms with Gasteiger partial charge in [-0.15, -0.1) is 0 Å². The zero-order chi connectivity index (χ0) is 27.0. The Kier molecular flexibility index (Phi) is 8.13. The molecule has 2 heterocycles. The van der Waals surface area contributed by atoms with Crippen molar-refractivity contribution in [2.75, 3.05) is 13.2 Å². The summed E-state index contributed by atoms with van der Waals surface area (Å²) in [6, 6.07) is 6.26. The molecule has 0 aromatic heterocycles. The lowest BCUT2D eigenvalue weighted by Crippen LogP contribution is -2.40. The van der Waals surface area contributed by atoms with Gasteiger partial charge in [-0.1, -0.05) is 23.7 Å². The maximum Gasteiger partial charge on any atom is 0.246 e. The third-order valence-electron chi connectivity index (χ3n) is 6.58. The summed E-state index contributed by atoms with van der Waals surface area (Å²) >= 11 is 5.71. The number of benzene rings is 2. The van der Waals surface area contributed by atoms with Crippen LogP contribution >= 0.6 is 11.6 Å². The van der Waals surface area contributed by atoms with E-state index in [1.54, 1.807) is 0 Å². The van der Waals surface area contributed by atoms with Gasteiger partial charge in [0.25, 0.3) is 0 Å². The molecule has 1 saturated heterocycles. The van der Waals surface area contributed by atoms with Crippen molar-refractivity contribution in [3.05, 3.63) is 58.1 Å². The van der Waals surface area contributed by atoms with Crippen LogP contribution in [0.15, 0.2) is 35.2 Å². The summed E-state index contributed by atoms with van der Waals surface area (Å²) in [5, 5.41) is 5.97. The molecule has 7 nitrogen and oxygen atoms in total. The van der Waals surface area contributed by atoms with E-state index in [1.165, 1.54) is 0 Å². The van der Waals surface area contributed by atoms with E-state index in [0.717, 1.165) is 27.2 Å². The van der Waals surface area contributed by atoms with Crippen LogP contribution in [-0.2, 0) is 21.4 Å². The molecule has 2 aliphatic rings. The zero-order valence-corrected chi connectivity index (χ0v) is 22.7. The van der Waals surface area contributed by atoms with E-state index in [1.807, 2.05) is 18.2 Å². The average Bonchev–Trinajstić information content (AvgIpc) is 3.28. The smallest absolute Gasteiger partial charge is 0.246 e. The number of sulfonamides is 1. The van der Waals surface area contributed by atoms with Gasteiger partial charge >= 0.3 is 0 Å². The van der Waals surface area contributed by atoms with Crippen LogP contribution in [0.5, 0.6) is 5.75 Å². The Morgan fingerprint density at radius 2 is 1.92 bits per heavy atom. The Morgan fingerprint density at radius 3 is 2.65 bits per heavy atom. The summed E-state index contributed by atoms with van der Waals surface area (Å²) in [7, 11) is -4.30. The van der Waals surface area contributed by atoms with Crippen molar-refractivity contribution in [3.8, 4) is 5.75 Å². The topological polar surface area (TPSA) is 87.7 Å². The second-order valence-electron chi connectivity index (χ2n) is 10.5. The van der Waals surface area contributed by atoms with E-state index in [0.29, 0.717) is 38.5 Å². The van der Waals surface area contributed by atoms with Crippen molar-refractivity contribution in [2.24, 2.45) is 0 Å². The average molecular weight is 556 g/mol. The fraction of sp³-hybridized carbons (Fsp3) is 0.500. The van der Waals surface area contributed by atoms with E-state index in [2.05, 4.69) is 31.4 Å². The Hall–Kier alpha value is -2.27. The number of carbonyl (C=O) groups excluding carboxylic acids is 1. The predicted octanol–water partition coefficient (Wildman–Crippen LogP) is 4.69. The third kappa shape index (κ3) is 6.42. The molecule has 37 heavy (non-hydrogen) atoms. The molecule has 0 spiro atoms. The number of nitrogens with zero attached hydrogens (tertiary/aromatic N) is 1.